The first-order chi connectivity index (χ1) is 49.3. The molecule has 5 aromatic rings. The van der Waals surface area contributed by atoms with Gasteiger partial charge < -0.3 is 97.4 Å². The standard InChI is InChI=1S/C25H31N3O7.C24H32N3O8P.C24H35N3O7/c1-12-4-5-17-9-15(6-7-16(17)8-12)13(2)23(32)28-25(26)27-18-10-20(24(33)34)35-22(14(18)3)21(31)19(30)11-29;1-12-4-5-17-9-15(6-7-16(17)8-12)13(2)23(31)27-24(25)26-18-10-20(36(32,33)34)35-22(14(18)3)21(30)19(29)11-28;1-12(2)9-15-5-7-16(8-6-15)13(3)22(31)27-24(25)26-17-10-19(23(32)33)34-21(14(17)4)20(30)18(29)11-28/h4-10,13-14,18-19,21-22,29-31H,11H2,1-3H3,(H,33,34)(H3,26,27,28,32);4-10,13-14,18-19,21-22,28-30H,11H2,1-3H3,(H2,32,33,34)(H3,25,26,27,31);5-8,10,12-14,17-18,20-21,28-30H,9,11H2,1-4H3,(H,32,33)(H3,25,26,27,31)/t2*13-,14+,18-,19+,21+,22+;13-,14+,17-,18+,20+,21+/m000/s1. The third-order valence-electron chi connectivity index (χ3n) is 18.3. The van der Waals surface area contributed by atoms with E-state index in [-0.39, 0.29) is 23.8 Å². The van der Waals surface area contributed by atoms with Gasteiger partial charge in [-0.1, -0.05) is 143 Å². The smallest absolute Gasteiger partial charge is 0.390 e. The molecule has 0 bridgehead atoms. The van der Waals surface area contributed by atoms with Gasteiger partial charge in [-0.25, -0.2) is 24.6 Å². The summed E-state index contributed by atoms with van der Waals surface area (Å²) < 4.78 is 27.7. The summed E-state index contributed by atoms with van der Waals surface area (Å²) >= 11 is 0. The van der Waals surface area contributed by atoms with Crippen LogP contribution in [0.4, 0.5) is 0 Å². The highest BCUT2D eigenvalue weighted by Gasteiger charge is 2.45. The van der Waals surface area contributed by atoms with Crippen molar-refractivity contribution in [1.82, 2.24) is 16.0 Å². The second-order valence-corrected chi connectivity index (χ2v) is 28.5. The van der Waals surface area contributed by atoms with Crippen LogP contribution in [0.1, 0.15) is 107 Å². The number of aliphatic hydroxyl groups is 9. The van der Waals surface area contributed by atoms with Crippen LogP contribution in [0, 0.1) is 37.5 Å². The van der Waals surface area contributed by atoms with Crippen LogP contribution in [0.3, 0.4) is 0 Å². The summed E-state index contributed by atoms with van der Waals surface area (Å²) in [4.78, 5) is 93.2. The summed E-state index contributed by atoms with van der Waals surface area (Å²) in [6.07, 6.45) is -8.67. The zero-order valence-corrected chi connectivity index (χ0v) is 60.7. The van der Waals surface area contributed by atoms with Gasteiger partial charge in [0.1, 0.15) is 54.9 Å². The van der Waals surface area contributed by atoms with E-state index < -0.39 is 177 Å². The van der Waals surface area contributed by atoms with Crippen LogP contribution in [0.15, 0.2) is 147 Å². The first-order valence-corrected chi connectivity index (χ1v) is 35.5. The Bertz CT molecular complexity index is 4130. The number of nitrogens with one attached hydrogen (secondary N) is 3. The van der Waals surface area contributed by atoms with Crippen LogP contribution in [-0.2, 0) is 49.2 Å². The van der Waals surface area contributed by atoms with Crippen LogP contribution in [0.25, 0.3) is 21.5 Å². The van der Waals surface area contributed by atoms with Gasteiger partial charge in [-0.3, -0.25) is 34.9 Å². The molecule has 0 aliphatic carbocycles. The van der Waals surface area contributed by atoms with Crippen LogP contribution < -0.4 is 33.2 Å². The first-order valence-electron chi connectivity index (χ1n) is 33.9. The Labute approximate surface area is 606 Å². The quantitative estimate of drug-likeness (QED) is 0.0253. The molecule has 5 aromatic carbocycles. The molecule has 0 saturated heterocycles. The van der Waals surface area contributed by atoms with E-state index in [0.29, 0.717) is 5.92 Å². The number of carbonyl (C=O) groups excluding carboxylic acids is 3. The SMILES string of the molecule is CC(C)Cc1ccc([C@H](C)C(=O)NC(N)=N[C@H]2C=C(C(=O)O)O[C@@H]([C@H](O)[C@H](O)CO)[C@@H]2C)cc1.Cc1ccc2cc([C@H](C)C(=O)NC(N)=N[C@H]3C=C(C(=O)O)O[C@@H]([C@H](O)[C@H](O)CO)[C@@H]3C)ccc2c1.Cc1ccc2cc([C@H](C)C(=O)NC(N)=N[C@H]3C=C(P(=O)(O)O)O[C@@H]([C@H](O)[C@H](O)CO)[C@@H]3C)ccc2c1. The van der Waals surface area contributed by atoms with Gasteiger partial charge in [0.05, 0.1) is 55.7 Å². The van der Waals surface area contributed by atoms with Crippen LogP contribution in [0.2, 0.25) is 0 Å². The zero-order valence-electron chi connectivity index (χ0n) is 59.8. The first kappa shape index (κ1) is 84.7. The molecule has 22 N–H and O–H groups in total. The predicted octanol–water partition coefficient (Wildman–Crippen LogP) is 2.09. The lowest BCUT2D eigenvalue weighted by Crippen LogP contribution is -2.50. The van der Waals surface area contributed by atoms with Crippen molar-refractivity contribution in [3.63, 3.8) is 0 Å². The van der Waals surface area contributed by atoms with Crippen LogP contribution >= 0.6 is 7.60 Å². The van der Waals surface area contributed by atoms with Crippen molar-refractivity contribution in [2.24, 2.45) is 55.8 Å². The van der Waals surface area contributed by atoms with E-state index in [9.17, 15) is 79.2 Å². The van der Waals surface area contributed by atoms with Crippen molar-refractivity contribution >= 4 is 76.7 Å². The number of carboxylic acids is 2. The van der Waals surface area contributed by atoms with Crippen molar-refractivity contribution in [3.8, 4) is 0 Å². The summed E-state index contributed by atoms with van der Waals surface area (Å²) in [5.74, 6) is -8.78. The highest BCUT2D eigenvalue weighted by Crippen LogP contribution is 2.50. The number of nitrogens with two attached hydrogens (primary N) is 3. The van der Waals surface area contributed by atoms with E-state index >= 15 is 0 Å². The van der Waals surface area contributed by atoms with Crippen LogP contribution in [-0.4, -0.2) is 206 Å². The van der Waals surface area contributed by atoms with Crippen LogP contribution in [0.5, 0.6) is 0 Å². The number of hydrogen-bond donors (Lipinski definition) is 19. The van der Waals surface area contributed by atoms with Crippen molar-refractivity contribution in [2.75, 3.05) is 19.8 Å². The molecular formula is C73H98N9O22P. The molecule has 0 saturated carbocycles. The molecule has 3 aliphatic heterocycles. The number of hydrogen-bond acceptors (Lipinski definition) is 21. The molecule has 18 atom stereocenters. The van der Waals surface area contributed by atoms with E-state index in [1.165, 1.54) is 17.7 Å². The molecule has 0 radical (unpaired) electrons. The van der Waals surface area contributed by atoms with E-state index in [4.69, 9.17) is 46.7 Å². The van der Waals surface area contributed by atoms with E-state index in [0.717, 1.165) is 61.9 Å². The van der Waals surface area contributed by atoms with Crippen molar-refractivity contribution in [3.05, 3.63) is 166 Å². The van der Waals surface area contributed by atoms with Gasteiger partial charge in [0.15, 0.2) is 17.9 Å². The minimum atomic E-state index is -4.88. The fourth-order valence-corrected chi connectivity index (χ4v) is 12.4. The fraction of sp³-hybridized carbons (Fsp3) is 0.452. The third kappa shape index (κ3) is 22.9. The number of fused-ring (bicyclic) bond motifs is 2. The minimum Gasteiger partial charge on any atom is -0.480 e. The monoisotopic (exact) mass is 1480 g/mol. The number of nitrogens with zero attached hydrogens (tertiary/aromatic N) is 3. The number of aliphatic hydroxyl groups excluding tert-OH is 9. The normalized spacial score (nSPS) is 23.3. The Kier molecular flexibility index (Phi) is 30.4. The fourth-order valence-electron chi connectivity index (χ4n) is 11.8. The average molecular weight is 1480 g/mol. The Morgan fingerprint density at radius 2 is 0.771 bits per heavy atom. The number of benzene rings is 5. The second kappa shape index (κ2) is 37.7. The Hall–Kier alpha value is -9.21. The molecule has 0 fully saturated rings. The summed E-state index contributed by atoms with van der Waals surface area (Å²) in [7, 11) is -4.88. The molecule has 572 valence electrons. The molecule has 3 aliphatic rings. The summed E-state index contributed by atoms with van der Waals surface area (Å²) in [5.41, 5.74) is 22.9. The number of aliphatic imine (C=N–C) groups is 3. The van der Waals surface area contributed by atoms with Gasteiger partial charge in [0, 0.05) is 17.8 Å². The molecule has 31 nitrogen and oxygen atoms in total. The molecule has 3 heterocycles. The molecular weight excluding hydrogens is 1390 g/mol. The highest BCUT2D eigenvalue weighted by atomic mass is 31.2. The van der Waals surface area contributed by atoms with Crippen molar-refractivity contribution in [2.45, 2.75) is 166 Å². The third-order valence-corrected chi connectivity index (χ3v) is 19.2. The number of carboxylic acid groups (broad SMARTS) is 2. The van der Waals surface area contributed by atoms with Gasteiger partial charge >= 0.3 is 19.5 Å². The Morgan fingerprint density at radius 1 is 0.467 bits per heavy atom. The number of aliphatic carboxylic acids is 2. The number of aryl methyl sites for hydroxylation is 2. The predicted molar refractivity (Wildman–Crippen MR) is 389 cm³/mol. The molecule has 32 heteroatoms. The lowest BCUT2D eigenvalue weighted by Gasteiger charge is -2.37. The Balaban J connectivity index is 0.000000247. The van der Waals surface area contributed by atoms with Gasteiger partial charge in [-0.2, -0.15) is 0 Å². The maximum absolute atomic E-state index is 12.9. The maximum Gasteiger partial charge on any atom is 0.390 e. The topological polar surface area (TPSA) is 544 Å². The van der Waals surface area contributed by atoms with E-state index in [2.05, 4.69) is 50.8 Å². The average Bonchev–Trinajstić information content (AvgIpc) is 1.52. The summed E-state index contributed by atoms with van der Waals surface area (Å²) in [5, 5.41) is 118. The van der Waals surface area contributed by atoms with Gasteiger partial charge in [-0.15, -0.1) is 0 Å². The largest absolute Gasteiger partial charge is 0.480 e. The summed E-state index contributed by atoms with van der Waals surface area (Å²) in [6.45, 7) is 16.0. The lowest BCUT2D eigenvalue weighted by atomic mass is 9.88. The van der Waals surface area contributed by atoms with Gasteiger partial charge in [0.25, 0.3) is 0 Å². The summed E-state index contributed by atoms with van der Waals surface area (Å²) in [6, 6.07) is 28.6. The van der Waals surface area contributed by atoms with Crippen molar-refractivity contribution < 1.29 is 109 Å². The Morgan fingerprint density at radius 3 is 1.10 bits per heavy atom. The number of rotatable bonds is 23. The van der Waals surface area contributed by atoms with Gasteiger partial charge in [-0.05, 0) is 109 Å². The maximum atomic E-state index is 12.9. The molecule has 0 unspecified atom stereocenters. The second-order valence-electron chi connectivity index (χ2n) is 27.0. The molecule has 0 aromatic heterocycles. The number of ether oxygens (including phenoxy) is 3. The minimum absolute atomic E-state index is 0.219. The molecule has 3 amide bonds. The zero-order chi connectivity index (χ0) is 78.2. The molecule has 105 heavy (non-hydrogen) atoms. The van der Waals surface area contributed by atoms with E-state index in [1.807, 2.05) is 105 Å². The lowest BCUT2D eigenvalue weighted by molar-refractivity contribution is -0.147. The number of amides is 3. The number of carbonyl (C=O) groups is 5. The molecule has 8 rings (SSSR count). The van der Waals surface area contributed by atoms with Gasteiger partial charge in [0.2, 0.25) is 34.7 Å². The molecule has 0 spiro atoms. The van der Waals surface area contributed by atoms with Crippen molar-refractivity contribution in [1.29, 1.82) is 0 Å². The van der Waals surface area contributed by atoms with E-state index in [1.54, 1.807) is 41.5 Å². The number of guanidine groups is 3. The highest BCUT2D eigenvalue weighted by molar-refractivity contribution is 7.56.